The normalized spacial score (nSPS) is 11.3. The molecule has 0 radical (unpaired) electrons. The molecule has 0 fully saturated rings. The van der Waals surface area contributed by atoms with E-state index >= 15 is 0 Å². The Balaban J connectivity index is 2.11. The predicted octanol–water partition coefficient (Wildman–Crippen LogP) is 2.01. The van der Waals surface area contributed by atoms with E-state index in [0.717, 1.165) is 5.56 Å². The maximum absolute atomic E-state index is 11.4. The standard InChI is InChI=1S/C14H22N2O2/c1-14(2,3)15-10-9-13(17)16-18-11-12-7-5-4-6-8-12/h4-8,15H,9-11H2,1-3H3,(H,16,17). The Bertz CT molecular complexity index is 358. The second-order valence-corrected chi connectivity index (χ2v) is 5.23. The zero-order valence-corrected chi connectivity index (χ0v) is 11.3. The first-order valence-electron chi connectivity index (χ1n) is 6.17. The number of benzene rings is 1. The molecule has 0 aliphatic carbocycles. The summed E-state index contributed by atoms with van der Waals surface area (Å²) in [6.07, 6.45) is 0.409. The molecular formula is C14H22N2O2. The van der Waals surface area contributed by atoms with Crippen molar-refractivity contribution >= 4 is 5.91 Å². The van der Waals surface area contributed by atoms with Crippen LogP contribution < -0.4 is 10.8 Å². The van der Waals surface area contributed by atoms with E-state index in [1.807, 2.05) is 30.3 Å². The van der Waals surface area contributed by atoms with Crippen LogP contribution in [0.25, 0.3) is 0 Å². The number of carbonyl (C=O) groups is 1. The molecule has 1 aromatic rings. The lowest BCUT2D eigenvalue weighted by Gasteiger charge is -2.20. The molecule has 0 spiro atoms. The van der Waals surface area contributed by atoms with Crippen LogP contribution in [0.1, 0.15) is 32.8 Å². The molecule has 0 aromatic heterocycles. The molecule has 2 N–H and O–H groups in total. The number of hydroxylamine groups is 1. The first-order valence-corrected chi connectivity index (χ1v) is 6.17. The van der Waals surface area contributed by atoms with Gasteiger partial charge in [-0.15, -0.1) is 0 Å². The van der Waals surface area contributed by atoms with Crippen LogP contribution in [0.15, 0.2) is 30.3 Å². The van der Waals surface area contributed by atoms with Gasteiger partial charge >= 0.3 is 0 Å². The van der Waals surface area contributed by atoms with E-state index in [1.165, 1.54) is 0 Å². The quantitative estimate of drug-likeness (QED) is 0.759. The smallest absolute Gasteiger partial charge is 0.244 e. The highest BCUT2D eigenvalue weighted by molar-refractivity contribution is 5.74. The molecule has 1 amide bonds. The fourth-order valence-electron chi connectivity index (χ4n) is 1.38. The Morgan fingerprint density at radius 2 is 1.89 bits per heavy atom. The number of hydrogen-bond acceptors (Lipinski definition) is 3. The summed E-state index contributed by atoms with van der Waals surface area (Å²) in [5.74, 6) is -0.109. The lowest BCUT2D eigenvalue weighted by Crippen LogP contribution is -2.38. The van der Waals surface area contributed by atoms with Crippen LogP contribution in [0, 0.1) is 0 Å². The molecule has 4 nitrogen and oxygen atoms in total. The summed E-state index contributed by atoms with van der Waals surface area (Å²) >= 11 is 0. The van der Waals surface area contributed by atoms with Crippen LogP contribution in [-0.2, 0) is 16.2 Å². The van der Waals surface area contributed by atoms with Crippen LogP contribution in [0.2, 0.25) is 0 Å². The van der Waals surface area contributed by atoms with Gasteiger partial charge in [-0.05, 0) is 26.3 Å². The van der Waals surface area contributed by atoms with Gasteiger partial charge in [-0.3, -0.25) is 9.63 Å². The van der Waals surface area contributed by atoms with Crippen molar-refractivity contribution in [2.75, 3.05) is 6.54 Å². The molecular weight excluding hydrogens is 228 g/mol. The molecule has 0 saturated heterocycles. The Hall–Kier alpha value is -1.39. The van der Waals surface area contributed by atoms with E-state index in [-0.39, 0.29) is 11.4 Å². The summed E-state index contributed by atoms with van der Waals surface area (Å²) in [4.78, 5) is 16.6. The first-order chi connectivity index (χ1) is 8.47. The lowest BCUT2D eigenvalue weighted by atomic mass is 10.1. The van der Waals surface area contributed by atoms with Gasteiger partial charge in [-0.1, -0.05) is 30.3 Å². The fourth-order valence-corrected chi connectivity index (χ4v) is 1.38. The Labute approximate surface area is 109 Å². The van der Waals surface area contributed by atoms with Crippen molar-refractivity contribution in [1.82, 2.24) is 10.8 Å². The predicted molar refractivity (Wildman–Crippen MR) is 71.7 cm³/mol. The van der Waals surface area contributed by atoms with Crippen molar-refractivity contribution in [3.8, 4) is 0 Å². The number of amides is 1. The largest absolute Gasteiger partial charge is 0.312 e. The highest BCUT2D eigenvalue weighted by atomic mass is 16.6. The van der Waals surface area contributed by atoms with E-state index in [9.17, 15) is 4.79 Å². The maximum atomic E-state index is 11.4. The van der Waals surface area contributed by atoms with Crippen LogP contribution in [-0.4, -0.2) is 18.0 Å². The summed E-state index contributed by atoms with van der Waals surface area (Å²) < 4.78 is 0. The van der Waals surface area contributed by atoms with E-state index in [2.05, 4.69) is 31.6 Å². The lowest BCUT2D eigenvalue weighted by molar-refractivity contribution is -0.134. The van der Waals surface area contributed by atoms with Crippen LogP contribution in [0.3, 0.4) is 0 Å². The molecule has 0 atom stereocenters. The van der Waals surface area contributed by atoms with E-state index in [4.69, 9.17) is 4.84 Å². The molecule has 1 aromatic carbocycles. The SMILES string of the molecule is CC(C)(C)NCCC(=O)NOCc1ccccc1. The minimum Gasteiger partial charge on any atom is -0.312 e. The summed E-state index contributed by atoms with van der Waals surface area (Å²) in [5.41, 5.74) is 3.50. The van der Waals surface area contributed by atoms with Crippen molar-refractivity contribution < 1.29 is 9.63 Å². The van der Waals surface area contributed by atoms with Crippen LogP contribution in [0.4, 0.5) is 0 Å². The van der Waals surface area contributed by atoms with Crippen molar-refractivity contribution in [3.05, 3.63) is 35.9 Å². The number of rotatable bonds is 6. The summed E-state index contributed by atoms with van der Waals surface area (Å²) in [6, 6.07) is 9.72. The van der Waals surface area contributed by atoms with Gasteiger partial charge in [0.1, 0.15) is 0 Å². The van der Waals surface area contributed by atoms with Gasteiger partial charge in [0.25, 0.3) is 0 Å². The van der Waals surface area contributed by atoms with Gasteiger partial charge in [0.05, 0.1) is 6.61 Å². The van der Waals surface area contributed by atoms with E-state index < -0.39 is 0 Å². The van der Waals surface area contributed by atoms with Gasteiger partial charge < -0.3 is 5.32 Å². The molecule has 0 bridgehead atoms. The topological polar surface area (TPSA) is 50.4 Å². The van der Waals surface area contributed by atoms with Crippen LogP contribution >= 0.6 is 0 Å². The molecule has 100 valence electrons. The molecule has 0 heterocycles. The minimum absolute atomic E-state index is 0.0329. The molecule has 1 rings (SSSR count). The minimum atomic E-state index is -0.109. The average molecular weight is 250 g/mol. The number of nitrogens with one attached hydrogen (secondary N) is 2. The van der Waals surface area contributed by atoms with Crippen molar-refractivity contribution in [1.29, 1.82) is 0 Å². The van der Waals surface area contributed by atoms with Gasteiger partial charge in [0.2, 0.25) is 5.91 Å². The Kier molecular flexibility index (Phi) is 5.82. The third-order valence-corrected chi connectivity index (χ3v) is 2.28. The molecule has 0 aliphatic rings. The van der Waals surface area contributed by atoms with Crippen molar-refractivity contribution in [2.45, 2.75) is 39.3 Å². The highest BCUT2D eigenvalue weighted by Gasteiger charge is 2.09. The second-order valence-electron chi connectivity index (χ2n) is 5.23. The zero-order chi connectivity index (χ0) is 13.4. The molecule has 0 saturated carbocycles. The monoisotopic (exact) mass is 250 g/mol. The average Bonchev–Trinajstić information content (AvgIpc) is 2.28. The van der Waals surface area contributed by atoms with Crippen molar-refractivity contribution in [2.24, 2.45) is 0 Å². The third-order valence-electron chi connectivity index (χ3n) is 2.28. The van der Waals surface area contributed by atoms with Gasteiger partial charge in [0.15, 0.2) is 0 Å². The fraction of sp³-hybridized carbons (Fsp3) is 0.500. The summed E-state index contributed by atoms with van der Waals surface area (Å²) in [5, 5.41) is 3.24. The second kappa shape index (κ2) is 7.13. The van der Waals surface area contributed by atoms with Crippen LogP contribution in [0.5, 0.6) is 0 Å². The Morgan fingerprint density at radius 1 is 1.22 bits per heavy atom. The molecule has 4 heteroatoms. The van der Waals surface area contributed by atoms with E-state index in [1.54, 1.807) is 0 Å². The highest BCUT2D eigenvalue weighted by Crippen LogP contribution is 2.00. The van der Waals surface area contributed by atoms with E-state index in [0.29, 0.717) is 19.6 Å². The molecule has 0 aliphatic heterocycles. The van der Waals surface area contributed by atoms with Crippen molar-refractivity contribution in [3.63, 3.8) is 0 Å². The first kappa shape index (κ1) is 14.7. The zero-order valence-electron chi connectivity index (χ0n) is 11.3. The van der Waals surface area contributed by atoms with Gasteiger partial charge in [-0.2, -0.15) is 0 Å². The summed E-state index contributed by atoms with van der Waals surface area (Å²) in [7, 11) is 0. The van der Waals surface area contributed by atoms with Gasteiger partial charge in [0, 0.05) is 18.5 Å². The Morgan fingerprint density at radius 3 is 2.50 bits per heavy atom. The third kappa shape index (κ3) is 7.04. The maximum Gasteiger partial charge on any atom is 0.244 e. The van der Waals surface area contributed by atoms with Gasteiger partial charge in [-0.25, -0.2) is 5.48 Å². The molecule has 0 unspecified atom stereocenters. The summed E-state index contributed by atoms with van der Waals surface area (Å²) in [6.45, 7) is 7.23. The number of carbonyl (C=O) groups excluding carboxylic acids is 1. The number of hydrogen-bond donors (Lipinski definition) is 2. The molecule has 18 heavy (non-hydrogen) atoms.